The molecule has 1 atom stereocenters. The number of ether oxygens (including phenoxy) is 1. The minimum atomic E-state index is 0.479. The van der Waals surface area contributed by atoms with Crippen molar-refractivity contribution in [1.82, 2.24) is 5.32 Å². The molecule has 0 amide bonds. The molecule has 1 aliphatic rings. The molecule has 0 spiro atoms. The Morgan fingerprint density at radius 1 is 1.32 bits per heavy atom. The topological polar surface area (TPSA) is 21.3 Å². The van der Waals surface area contributed by atoms with Gasteiger partial charge in [0.1, 0.15) is 5.75 Å². The lowest BCUT2D eigenvalue weighted by molar-refractivity contribution is 0.288. The van der Waals surface area contributed by atoms with Gasteiger partial charge in [-0.2, -0.15) is 0 Å². The molecule has 2 nitrogen and oxygen atoms in total. The quantitative estimate of drug-likeness (QED) is 0.832. The third kappa shape index (κ3) is 3.97. The van der Waals surface area contributed by atoms with Gasteiger partial charge in [0.15, 0.2) is 0 Å². The van der Waals surface area contributed by atoms with Gasteiger partial charge in [-0.1, -0.05) is 32.9 Å². The minimum absolute atomic E-state index is 0.479. The van der Waals surface area contributed by atoms with Crippen LogP contribution >= 0.6 is 0 Å². The normalized spacial score (nSPS) is 16.0. The average molecular weight is 261 g/mol. The van der Waals surface area contributed by atoms with Gasteiger partial charge in [-0.05, 0) is 55.3 Å². The van der Waals surface area contributed by atoms with Crippen LogP contribution in [-0.2, 0) is 6.42 Å². The summed E-state index contributed by atoms with van der Waals surface area (Å²) >= 11 is 0. The van der Waals surface area contributed by atoms with Gasteiger partial charge in [0.25, 0.3) is 0 Å². The Morgan fingerprint density at radius 2 is 2.16 bits per heavy atom. The summed E-state index contributed by atoms with van der Waals surface area (Å²) in [5.74, 6) is 1.80. The fourth-order valence-electron chi connectivity index (χ4n) is 2.72. The van der Waals surface area contributed by atoms with Gasteiger partial charge in [0.05, 0.1) is 6.61 Å². The smallest absolute Gasteiger partial charge is 0.122 e. The first kappa shape index (κ1) is 14.4. The highest BCUT2D eigenvalue weighted by Gasteiger charge is 2.16. The largest absolute Gasteiger partial charge is 0.493 e. The molecule has 0 bridgehead atoms. The summed E-state index contributed by atoms with van der Waals surface area (Å²) in [6.45, 7) is 8.77. The SMILES string of the molecule is CCCNC(CC(C)C)c1ccc2c(c1)CCCO2. The third-order valence-corrected chi connectivity index (χ3v) is 3.68. The Hall–Kier alpha value is -1.02. The van der Waals surface area contributed by atoms with E-state index in [4.69, 9.17) is 4.74 Å². The summed E-state index contributed by atoms with van der Waals surface area (Å²) in [6.07, 6.45) is 4.68. The number of aryl methyl sites for hydroxylation is 1. The molecule has 2 heteroatoms. The molecule has 1 unspecified atom stereocenters. The zero-order valence-electron chi connectivity index (χ0n) is 12.5. The van der Waals surface area contributed by atoms with Crippen LogP contribution in [-0.4, -0.2) is 13.2 Å². The highest BCUT2D eigenvalue weighted by Crippen LogP contribution is 2.30. The van der Waals surface area contributed by atoms with Gasteiger partial charge in [0, 0.05) is 6.04 Å². The summed E-state index contributed by atoms with van der Waals surface area (Å²) in [5, 5.41) is 3.68. The lowest BCUT2D eigenvalue weighted by atomic mass is 9.94. The molecular weight excluding hydrogens is 234 g/mol. The van der Waals surface area contributed by atoms with Crippen LogP contribution in [0.5, 0.6) is 5.75 Å². The van der Waals surface area contributed by atoms with Crippen molar-refractivity contribution in [2.24, 2.45) is 5.92 Å². The molecule has 1 aliphatic heterocycles. The van der Waals surface area contributed by atoms with Crippen molar-refractivity contribution >= 4 is 0 Å². The number of nitrogens with one attached hydrogen (secondary N) is 1. The van der Waals surface area contributed by atoms with Crippen molar-refractivity contribution in [3.05, 3.63) is 29.3 Å². The maximum absolute atomic E-state index is 5.70. The first-order valence-corrected chi connectivity index (χ1v) is 7.69. The van der Waals surface area contributed by atoms with Gasteiger partial charge in [-0.25, -0.2) is 0 Å². The van der Waals surface area contributed by atoms with E-state index in [1.54, 1.807) is 0 Å². The second kappa shape index (κ2) is 6.95. The fraction of sp³-hybridized carbons (Fsp3) is 0.647. The summed E-state index contributed by atoms with van der Waals surface area (Å²) in [6, 6.07) is 7.22. The summed E-state index contributed by atoms with van der Waals surface area (Å²) in [5.41, 5.74) is 2.81. The molecule has 0 fully saturated rings. The van der Waals surface area contributed by atoms with Crippen LogP contribution in [0.15, 0.2) is 18.2 Å². The van der Waals surface area contributed by atoms with E-state index in [0.29, 0.717) is 12.0 Å². The average Bonchev–Trinajstić information content (AvgIpc) is 2.42. The molecular formula is C17H27NO. The molecule has 1 aromatic rings. The zero-order valence-corrected chi connectivity index (χ0v) is 12.5. The van der Waals surface area contributed by atoms with Gasteiger partial charge in [-0.3, -0.25) is 0 Å². The monoisotopic (exact) mass is 261 g/mol. The lowest BCUT2D eigenvalue weighted by Gasteiger charge is -2.24. The predicted octanol–water partition coefficient (Wildman–Crippen LogP) is 4.10. The molecule has 1 aromatic carbocycles. The van der Waals surface area contributed by atoms with Gasteiger partial charge in [-0.15, -0.1) is 0 Å². The number of hydrogen-bond acceptors (Lipinski definition) is 2. The van der Waals surface area contributed by atoms with E-state index in [1.165, 1.54) is 24.0 Å². The lowest BCUT2D eigenvalue weighted by Crippen LogP contribution is -2.24. The summed E-state index contributed by atoms with van der Waals surface area (Å²) < 4.78 is 5.70. The molecule has 19 heavy (non-hydrogen) atoms. The zero-order chi connectivity index (χ0) is 13.7. The van der Waals surface area contributed by atoms with Crippen molar-refractivity contribution in [2.75, 3.05) is 13.2 Å². The Balaban J connectivity index is 2.15. The van der Waals surface area contributed by atoms with E-state index in [2.05, 4.69) is 44.3 Å². The van der Waals surface area contributed by atoms with Crippen LogP contribution in [0.25, 0.3) is 0 Å². The number of hydrogen-bond donors (Lipinski definition) is 1. The van der Waals surface area contributed by atoms with Crippen LogP contribution in [0.4, 0.5) is 0 Å². The Bertz CT molecular complexity index is 400. The second-order valence-electron chi connectivity index (χ2n) is 5.96. The standard InChI is InChI=1S/C17H27NO/c1-4-9-18-16(11-13(2)3)14-7-8-17-15(12-14)6-5-10-19-17/h7-8,12-13,16,18H,4-6,9-11H2,1-3H3. The minimum Gasteiger partial charge on any atom is -0.493 e. The molecule has 0 saturated carbocycles. The molecule has 1 N–H and O–H groups in total. The van der Waals surface area contributed by atoms with Crippen LogP contribution in [0, 0.1) is 5.92 Å². The van der Waals surface area contributed by atoms with Crippen molar-refractivity contribution in [3.63, 3.8) is 0 Å². The first-order chi connectivity index (χ1) is 9.20. The van der Waals surface area contributed by atoms with Crippen LogP contribution in [0.2, 0.25) is 0 Å². The molecule has 106 valence electrons. The fourth-order valence-corrected chi connectivity index (χ4v) is 2.72. The van der Waals surface area contributed by atoms with Gasteiger partial charge in [0.2, 0.25) is 0 Å². The molecule has 0 saturated heterocycles. The van der Waals surface area contributed by atoms with Crippen molar-refractivity contribution in [2.45, 2.75) is 52.5 Å². The predicted molar refractivity (Wildman–Crippen MR) is 80.7 cm³/mol. The van der Waals surface area contributed by atoms with Crippen LogP contribution in [0.3, 0.4) is 0 Å². The van der Waals surface area contributed by atoms with E-state index in [0.717, 1.165) is 31.7 Å². The van der Waals surface area contributed by atoms with Gasteiger partial charge >= 0.3 is 0 Å². The van der Waals surface area contributed by atoms with Crippen LogP contribution < -0.4 is 10.1 Å². The number of fused-ring (bicyclic) bond motifs is 1. The number of rotatable bonds is 6. The highest BCUT2D eigenvalue weighted by atomic mass is 16.5. The molecule has 0 aliphatic carbocycles. The third-order valence-electron chi connectivity index (χ3n) is 3.68. The van der Waals surface area contributed by atoms with Crippen molar-refractivity contribution in [3.8, 4) is 5.75 Å². The van der Waals surface area contributed by atoms with E-state index < -0.39 is 0 Å². The first-order valence-electron chi connectivity index (χ1n) is 7.69. The molecule has 0 radical (unpaired) electrons. The van der Waals surface area contributed by atoms with E-state index in [1.807, 2.05) is 0 Å². The number of benzene rings is 1. The Morgan fingerprint density at radius 3 is 2.89 bits per heavy atom. The van der Waals surface area contributed by atoms with Gasteiger partial charge < -0.3 is 10.1 Å². The summed E-state index contributed by atoms with van der Waals surface area (Å²) in [7, 11) is 0. The van der Waals surface area contributed by atoms with Crippen LogP contribution in [0.1, 0.15) is 57.2 Å². The maximum atomic E-state index is 5.70. The Labute approximate surface area is 117 Å². The van der Waals surface area contributed by atoms with E-state index in [9.17, 15) is 0 Å². The summed E-state index contributed by atoms with van der Waals surface area (Å²) in [4.78, 5) is 0. The molecule has 1 heterocycles. The van der Waals surface area contributed by atoms with Crippen molar-refractivity contribution < 1.29 is 4.74 Å². The van der Waals surface area contributed by atoms with E-state index >= 15 is 0 Å². The maximum Gasteiger partial charge on any atom is 0.122 e. The Kier molecular flexibility index (Phi) is 5.26. The van der Waals surface area contributed by atoms with Crippen molar-refractivity contribution in [1.29, 1.82) is 0 Å². The highest BCUT2D eigenvalue weighted by molar-refractivity contribution is 5.39. The second-order valence-corrected chi connectivity index (χ2v) is 5.96. The van der Waals surface area contributed by atoms with E-state index in [-0.39, 0.29) is 0 Å². The molecule has 2 rings (SSSR count). The molecule has 0 aromatic heterocycles.